The molecule has 23 heavy (non-hydrogen) atoms. The molecule has 2 aromatic carbocycles. The van der Waals surface area contributed by atoms with Crippen molar-refractivity contribution >= 4 is 22.7 Å². The van der Waals surface area contributed by atoms with E-state index in [9.17, 15) is 9.59 Å². The summed E-state index contributed by atoms with van der Waals surface area (Å²) in [5, 5.41) is 3.02. The molecule has 6 heteroatoms. The number of anilines is 1. The summed E-state index contributed by atoms with van der Waals surface area (Å²) in [6, 6.07) is 13.8. The van der Waals surface area contributed by atoms with Crippen LogP contribution in [0.3, 0.4) is 0 Å². The highest BCUT2D eigenvalue weighted by atomic mass is 16.5. The van der Waals surface area contributed by atoms with E-state index in [1.54, 1.807) is 55.5 Å². The van der Waals surface area contributed by atoms with Crippen LogP contribution in [0, 0.1) is 0 Å². The molecular formula is C17H14N2O4. The van der Waals surface area contributed by atoms with E-state index in [1.165, 1.54) is 0 Å². The van der Waals surface area contributed by atoms with Gasteiger partial charge in [-0.15, -0.1) is 0 Å². The van der Waals surface area contributed by atoms with E-state index in [-0.39, 0.29) is 18.1 Å². The van der Waals surface area contributed by atoms with Gasteiger partial charge in [-0.25, -0.2) is 4.79 Å². The Morgan fingerprint density at radius 1 is 1.17 bits per heavy atom. The molecule has 0 fully saturated rings. The maximum Gasteiger partial charge on any atom is 0.411 e. The maximum atomic E-state index is 12.1. The van der Waals surface area contributed by atoms with Crippen molar-refractivity contribution < 1.29 is 13.9 Å². The number of carbonyl (C=O) groups is 1. The zero-order valence-corrected chi connectivity index (χ0v) is 12.4. The number of aromatic nitrogens is 1. The van der Waals surface area contributed by atoms with Gasteiger partial charge in [0.05, 0.1) is 23.2 Å². The SMILES string of the molecule is CCOC(=O)Nc1ccccc1-c1nc(=O)c2ccccc2o1. The van der Waals surface area contributed by atoms with Gasteiger partial charge in [-0.3, -0.25) is 10.1 Å². The number of benzene rings is 2. The topological polar surface area (TPSA) is 81.4 Å². The van der Waals surface area contributed by atoms with E-state index < -0.39 is 6.09 Å². The normalized spacial score (nSPS) is 10.5. The number of nitrogens with zero attached hydrogens (tertiary/aromatic N) is 1. The average Bonchev–Trinajstić information content (AvgIpc) is 2.55. The minimum absolute atomic E-state index is 0.140. The molecule has 0 spiro atoms. The number of nitrogens with one attached hydrogen (secondary N) is 1. The molecule has 1 heterocycles. The standard InChI is InChI=1S/C17H14N2O4/c1-2-22-17(21)18-13-9-5-3-7-11(13)16-19-15(20)12-8-4-6-10-14(12)23-16/h3-10H,2H2,1H3,(H,18,21). The Morgan fingerprint density at radius 2 is 1.91 bits per heavy atom. The van der Waals surface area contributed by atoms with Gasteiger partial charge in [-0.05, 0) is 31.2 Å². The van der Waals surface area contributed by atoms with Crippen LogP contribution < -0.4 is 10.9 Å². The Bertz CT molecular complexity index is 918. The third-order valence-electron chi connectivity index (χ3n) is 3.20. The average molecular weight is 310 g/mol. The van der Waals surface area contributed by atoms with Crippen LogP contribution in [0.1, 0.15) is 6.92 Å². The van der Waals surface area contributed by atoms with Crippen LogP contribution in [0.25, 0.3) is 22.4 Å². The highest BCUT2D eigenvalue weighted by Crippen LogP contribution is 2.27. The molecule has 0 atom stereocenters. The second kappa shape index (κ2) is 6.31. The maximum absolute atomic E-state index is 12.1. The van der Waals surface area contributed by atoms with Crippen LogP contribution in [-0.4, -0.2) is 17.7 Å². The van der Waals surface area contributed by atoms with Crippen LogP contribution in [0.4, 0.5) is 10.5 Å². The van der Waals surface area contributed by atoms with E-state index in [1.807, 2.05) is 0 Å². The van der Waals surface area contributed by atoms with Crippen molar-refractivity contribution in [2.75, 3.05) is 11.9 Å². The Kier molecular flexibility index (Phi) is 4.05. The summed E-state index contributed by atoms with van der Waals surface area (Å²) < 4.78 is 10.6. The van der Waals surface area contributed by atoms with Gasteiger partial charge in [-0.2, -0.15) is 4.98 Å². The van der Waals surface area contributed by atoms with Gasteiger partial charge in [0.15, 0.2) is 0 Å². The summed E-state index contributed by atoms with van der Waals surface area (Å²) in [4.78, 5) is 27.7. The molecule has 116 valence electrons. The van der Waals surface area contributed by atoms with Crippen LogP contribution in [0.5, 0.6) is 0 Å². The zero-order valence-electron chi connectivity index (χ0n) is 12.4. The summed E-state index contributed by atoms with van der Waals surface area (Å²) in [5.74, 6) is 0.140. The molecule has 0 radical (unpaired) electrons. The van der Waals surface area contributed by atoms with Gasteiger partial charge in [-0.1, -0.05) is 24.3 Å². The molecule has 0 saturated heterocycles. The van der Waals surface area contributed by atoms with Crippen molar-refractivity contribution in [2.24, 2.45) is 0 Å². The number of hydrogen-bond donors (Lipinski definition) is 1. The summed E-state index contributed by atoms with van der Waals surface area (Å²) in [7, 11) is 0. The quantitative estimate of drug-likeness (QED) is 0.801. The fourth-order valence-corrected chi connectivity index (χ4v) is 2.18. The lowest BCUT2D eigenvalue weighted by Crippen LogP contribution is -2.14. The summed E-state index contributed by atoms with van der Waals surface area (Å²) in [6.07, 6.45) is -0.580. The molecule has 0 saturated carbocycles. The van der Waals surface area contributed by atoms with Crippen molar-refractivity contribution in [1.82, 2.24) is 4.98 Å². The molecule has 0 bridgehead atoms. The second-order valence-corrected chi connectivity index (χ2v) is 4.71. The lowest BCUT2D eigenvalue weighted by Gasteiger charge is -2.09. The molecule has 3 aromatic rings. The Labute approximate surface area is 131 Å². The monoisotopic (exact) mass is 310 g/mol. The molecule has 0 unspecified atom stereocenters. The van der Waals surface area contributed by atoms with Gasteiger partial charge < -0.3 is 9.15 Å². The number of hydrogen-bond acceptors (Lipinski definition) is 5. The van der Waals surface area contributed by atoms with E-state index >= 15 is 0 Å². The molecule has 1 N–H and O–H groups in total. The fraction of sp³-hybridized carbons (Fsp3) is 0.118. The summed E-state index contributed by atoms with van der Waals surface area (Å²) in [6.45, 7) is 1.98. The smallest absolute Gasteiger partial charge is 0.411 e. The Balaban J connectivity index is 2.08. The van der Waals surface area contributed by atoms with Crippen LogP contribution >= 0.6 is 0 Å². The number of amides is 1. The second-order valence-electron chi connectivity index (χ2n) is 4.71. The van der Waals surface area contributed by atoms with Gasteiger partial charge in [0.1, 0.15) is 5.58 Å². The molecule has 1 amide bonds. The van der Waals surface area contributed by atoms with E-state index in [0.717, 1.165) is 0 Å². The first kappa shape index (κ1) is 14.8. The molecule has 0 aliphatic rings. The largest absolute Gasteiger partial charge is 0.450 e. The van der Waals surface area contributed by atoms with Crippen LogP contribution in [0.15, 0.2) is 57.7 Å². The number of rotatable bonds is 3. The Morgan fingerprint density at radius 3 is 2.74 bits per heavy atom. The lowest BCUT2D eigenvalue weighted by molar-refractivity contribution is 0.168. The predicted octanol–water partition coefficient (Wildman–Crippen LogP) is 3.42. The van der Waals surface area contributed by atoms with Gasteiger partial charge in [0, 0.05) is 0 Å². The third-order valence-corrected chi connectivity index (χ3v) is 3.20. The van der Waals surface area contributed by atoms with E-state index in [4.69, 9.17) is 9.15 Å². The number of ether oxygens (including phenoxy) is 1. The highest BCUT2D eigenvalue weighted by molar-refractivity contribution is 5.90. The van der Waals surface area contributed by atoms with Gasteiger partial charge in [0.2, 0.25) is 5.89 Å². The molecule has 1 aromatic heterocycles. The third kappa shape index (κ3) is 3.06. The first-order chi connectivity index (χ1) is 11.2. The zero-order chi connectivity index (χ0) is 16.2. The van der Waals surface area contributed by atoms with Crippen molar-refractivity contribution in [3.05, 3.63) is 58.9 Å². The molecule has 0 aliphatic carbocycles. The molecule has 6 nitrogen and oxygen atoms in total. The van der Waals surface area contributed by atoms with Crippen molar-refractivity contribution in [3.63, 3.8) is 0 Å². The minimum atomic E-state index is -0.580. The number of carbonyl (C=O) groups excluding carboxylic acids is 1. The minimum Gasteiger partial charge on any atom is -0.450 e. The molecule has 3 rings (SSSR count). The Hall–Kier alpha value is -3.15. The molecular weight excluding hydrogens is 296 g/mol. The summed E-state index contributed by atoms with van der Waals surface area (Å²) in [5.41, 5.74) is 1.02. The van der Waals surface area contributed by atoms with E-state index in [2.05, 4.69) is 10.3 Å². The van der Waals surface area contributed by atoms with Crippen molar-refractivity contribution in [2.45, 2.75) is 6.92 Å². The lowest BCUT2D eigenvalue weighted by atomic mass is 10.1. The van der Waals surface area contributed by atoms with Crippen molar-refractivity contribution in [1.29, 1.82) is 0 Å². The first-order valence-electron chi connectivity index (χ1n) is 7.12. The van der Waals surface area contributed by atoms with Crippen molar-refractivity contribution in [3.8, 4) is 11.5 Å². The number of para-hydroxylation sites is 2. The first-order valence-corrected chi connectivity index (χ1v) is 7.12. The molecule has 0 aliphatic heterocycles. The van der Waals surface area contributed by atoms with E-state index in [0.29, 0.717) is 22.2 Å². The van der Waals surface area contributed by atoms with Crippen LogP contribution in [0.2, 0.25) is 0 Å². The highest BCUT2D eigenvalue weighted by Gasteiger charge is 2.14. The van der Waals surface area contributed by atoms with Gasteiger partial charge in [0.25, 0.3) is 5.56 Å². The van der Waals surface area contributed by atoms with Gasteiger partial charge >= 0.3 is 6.09 Å². The fourth-order valence-electron chi connectivity index (χ4n) is 2.18. The number of fused-ring (bicyclic) bond motifs is 1. The predicted molar refractivity (Wildman–Crippen MR) is 86.4 cm³/mol. The summed E-state index contributed by atoms with van der Waals surface area (Å²) >= 11 is 0. The van der Waals surface area contributed by atoms with Crippen LogP contribution in [-0.2, 0) is 4.74 Å².